The molecule has 0 bridgehead atoms. The van der Waals surface area contributed by atoms with Gasteiger partial charge in [0, 0.05) is 13.7 Å². The fraction of sp³-hybridized carbons (Fsp3) is 0.714. The summed E-state index contributed by atoms with van der Waals surface area (Å²) in [6, 6.07) is 3.98. The lowest BCUT2D eigenvalue weighted by Crippen LogP contribution is -2.25. The summed E-state index contributed by atoms with van der Waals surface area (Å²) in [6.07, 6.45) is 4.16. The first-order valence-corrected chi connectivity index (χ1v) is 6.81. The third kappa shape index (κ3) is 6.79. The van der Waals surface area contributed by atoms with Crippen LogP contribution in [0.25, 0.3) is 0 Å². The van der Waals surface area contributed by atoms with Crippen LogP contribution in [-0.2, 0) is 11.3 Å². The van der Waals surface area contributed by atoms with E-state index in [0.717, 1.165) is 45.1 Å². The molecule has 0 saturated carbocycles. The van der Waals surface area contributed by atoms with Gasteiger partial charge < -0.3 is 14.5 Å². The number of unbranched alkanes of at least 4 members (excludes halogenated alkanes) is 1. The Hall–Kier alpha value is -0.840. The molecule has 4 nitrogen and oxygen atoms in total. The number of hydrogen-bond acceptors (Lipinski definition) is 4. The molecular weight excluding hydrogens is 228 g/mol. The zero-order chi connectivity index (χ0) is 13.1. The van der Waals surface area contributed by atoms with E-state index in [1.807, 2.05) is 12.1 Å². The summed E-state index contributed by atoms with van der Waals surface area (Å²) in [5.74, 6) is 1.05. The molecular formula is C14H26N2O2. The highest BCUT2D eigenvalue weighted by atomic mass is 16.5. The van der Waals surface area contributed by atoms with Crippen LogP contribution in [0.3, 0.4) is 0 Å². The second kappa shape index (κ2) is 10.1. The Morgan fingerprint density at radius 3 is 2.89 bits per heavy atom. The minimum absolute atomic E-state index is 0.791. The van der Waals surface area contributed by atoms with Crippen molar-refractivity contribution in [3.8, 4) is 0 Å². The number of hydrogen-bond donors (Lipinski definition) is 1. The average molecular weight is 254 g/mol. The van der Waals surface area contributed by atoms with Crippen LogP contribution in [0.4, 0.5) is 0 Å². The van der Waals surface area contributed by atoms with E-state index in [9.17, 15) is 0 Å². The highest BCUT2D eigenvalue weighted by Crippen LogP contribution is 2.06. The standard InChI is InChI=1S/C14H26N2O2/c1-3-16(13-14-7-6-11-18-14)10-5-4-8-15-9-12-17-2/h6-7,11,15H,3-5,8-10,12-13H2,1-2H3. The van der Waals surface area contributed by atoms with Gasteiger partial charge in [-0.3, -0.25) is 4.90 Å². The first-order valence-electron chi connectivity index (χ1n) is 6.81. The number of methoxy groups -OCH3 is 1. The van der Waals surface area contributed by atoms with Gasteiger partial charge in [0.05, 0.1) is 19.4 Å². The van der Waals surface area contributed by atoms with E-state index in [0.29, 0.717) is 0 Å². The Morgan fingerprint density at radius 1 is 1.33 bits per heavy atom. The minimum atomic E-state index is 0.791. The first-order chi connectivity index (χ1) is 8.86. The summed E-state index contributed by atoms with van der Waals surface area (Å²) >= 11 is 0. The first kappa shape index (κ1) is 15.2. The molecule has 0 aromatic carbocycles. The van der Waals surface area contributed by atoms with Gasteiger partial charge in [-0.2, -0.15) is 0 Å². The molecule has 18 heavy (non-hydrogen) atoms. The zero-order valence-corrected chi connectivity index (χ0v) is 11.7. The van der Waals surface area contributed by atoms with Crippen molar-refractivity contribution in [1.82, 2.24) is 10.2 Å². The number of nitrogens with zero attached hydrogens (tertiary/aromatic N) is 1. The maximum atomic E-state index is 5.37. The third-order valence-corrected chi connectivity index (χ3v) is 2.97. The van der Waals surface area contributed by atoms with Gasteiger partial charge in [0.2, 0.25) is 0 Å². The SMILES string of the molecule is CCN(CCCCNCCOC)Cc1ccco1. The predicted octanol–water partition coefficient (Wildman–Crippen LogP) is 2.12. The van der Waals surface area contributed by atoms with Gasteiger partial charge in [0.1, 0.15) is 5.76 Å². The summed E-state index contributed by atoms with van der Waals surface area (Å²) in [7, 11) is 1.73. The molecule has 0 aliphatic carbocycles. The molecule has 1 aromatic heterocycles. The van der Waals surface area contributed by atoms with E-state index >= 15 is 0 Å². The van der Waals surface area contributed by atoms with Crippen LogP contribution in [0, 0.1) is 0 Å². The van der Waals surface area contributed by atoms with Crippen molar-refractivity contribution in [3.05, 3.63) is 24.2 Å². The summed E-state index contributed by atoms with van der Waals surface area (Å²) in [5, 5.41) is 3.36. The normalized spacial score (nSPS) is 11.3. The molecule has 0 aliphatic heterocycles. The van der Waals surface area contributed by atoms with Crippen LogP contribution < -0.4 is 5.32 Å². The molecule has 0 atom stereocenters. The molecule has 4 heteroatoms. The lowest BCUT2D eigenvalue weighted by molar-refractivity contribution is 0.199. The maximum absolute atomic E-state index is 5.37. The van der Waals surface area contributed by atoms with E-state index in [2.05, 4.69) is 17.1 Å². The Morgan fingerprint density at radius 2 is 2.22 bits per heavy atom. The van der Waals surface area contributed by atoms with Crippen LogP contribution >= 0.6 is 0 Å². The van der Waals surface area contributed by atoms with Crippen molar-refractivity contribution < 1.29 is 9.15 Å². The molecule has 1 N–H and O–H groups in total. The van der Waals surface area contributed by atoms with Crippen LogP contribution in [0.15, 0.2) is 22.8 Å². The zero-order valence-electron chi connectivity index (χ0n) is 11.7. The largest absolute Gasteiger partial charge is 0.468 e. The molecule has 0 unspecified atom stereocenters. The van der Waals surface area contributed by atoms with Gasteiger partial charge in [-0.25, -0.2) is 0 Å². The summed E-state index contributed by atoms with van der Waals surface area (Å²) in [4.78, 5) is 2.41. The second-order valence-electron chi connectivity index (χ2n) is 4.40. The minimum Gasteiger partial charge on any atom is -0.468 e. The number of rotatable bonds is 11. The molecule has 0 aliphatic rings. The van der Waals surface area contributed by atoms with Gasteiger partial charge in [-0.1, -0.05) is 6.92 Å². The fourth-order valence-corrected chi connectivity index (χ4v) is 1.86. The molecule has 0 radical (unpaired) electrons. The smallest absolute Gasteiger partial charge is 0.117 e. The van der Waals surface area contributed by atoms with Crippen molar-refractivity contribution in [1.29, 1.82) is 0 Å². The van der Waals surface area contributed by atoms with Crippen LogP contribution in [0.2, 0.25) is 0 Å². The average Bonchev–Trinajstić information content (AvgIpc) is 2.89. The van der Waals surface area contributed by atoms with E-state index in [-0.39, 0.29) is 0 Å². The quantitative estimate of drug-likeness (QED) is 0.614. The van der Waals surface area contributed by atoms with Crippen molar-refractivity contribution in [3.63, 3.8) is 0 Å². The van der Waals surface area contributed by atoms with Crippen molar-refractivity contribution in [2.24, 2.45) is 0 Å². The van der Waals surface area contributed by atoms with Gasteiger partial charge in [0.15, 0.2) is 0 Å². The molecule has 1 heterocycles. The van der Waals surface area contributed by atoms with E-state index < -0.39 is 0 Å². The molecule has 0 fully saturated rings. The van der Waals surface area contributed by atoms with Gasteiger partial charge in [-0.05, 0) is 44.6 Å². The van der Waals surface area contributed by atoms with Crippen LogP contribution in [-0.4, -0.2) is 44.8 Å². The molecule has 0 spiro atoms. The van der Waals surface area contributed by atoms with E-state index in [1.165, 1.54) is 12.8 Å². The van der Waals surface area contributed by atoms with Crippen molar-refractivity contribution in [2.45, 2.75) is 26.3 Å². The molecule has 1 aromatic rings. The molecule has 0 amide bonds. The third-order valence-electron chi connectivity index (χ3n) is 2.97. The lowest BCUT2D eigenvalue weighted by Gasteiger charge is -2.18. The highest BCUT2D eigenvalue weighted by Gasteiger charge is 2.04. The topological polar surface area (TPSA) is 37.6 Å². The fourth-order valence-electron chi connectivity index (χ4n) is 1.86. The number of furan rings is 1. The second-order valence-corrected chi connectivity index (χ2v) is 4.40. The van der Waals surface area contributed by atoms with Crippen LogP contribution in [0.1, 0.15) is 25.5 Å². The lowest BCUT2D eigenvalue weighted by atomic mass is 10.2. The molecule has 1 rings (SSSR count). The van der Waals surface area contributed by atoms with E-state index in [1.54, 1.807) is 13.4 Å². The monoisotopic (exact) mass is 254 g/mol. The van der Waals surface area contributed by atoms with Crippen molar-refractivity contribution in [2.75, 3.05) is 39.9 Å². The Balaban J connectivity index is 2.01. The van der Waals surface area contributed by atoms with Crippen molar-refractivity contribution >= 4 is 0 Å². The summed E-state index contributed by atoms with van der Waals surface area (Å²) in [5.41, 5.74) is 0. The van der Waals surface area contributed by atoms with E-state index in [4.69, 9.17) is 9.15 Å². The summed E-state index contributed by atoms with van der Waals surface area (Å²) < 4.78 is 10.4. The van der Waals surface area contributed by atoms with Gasteiger partial charge in [-0.15, -0.1) is 0 Å². The van der Waals surface area contributed by atoms with Crippen LogP contribution in [0.5, 0.6) is 0 Å². The number of ether oxygens (including phenoxy) is 1. The Bertz CT molecular complexity index is 275. The Labute approximate surface area is 110 Å². The number of nitrogens with one attached hydrogen (secondary N) is 1. The molecule has 0 saturated heterocycles. The highest BCUT2D eigenvalue weighted by molar-refractivity contribution is 4.97. The van der Waals surface area contributed by atoms with Gasteiger partial charge in [0.25, 0.3) is 0 Å². The maximum Gasteiger partial charge on any atom is 0.117 e. The predicted molar refractivity (Wildman–Crippen MR) is 73.6 cm³/mol. The summed E-state index contributed by atoms with van der Waals surface area (Å²) in [6.45, 7) is 8.11. The van der Waals surface area contributed by atoms with Gasteiger partial charge >= 0.3 is 0 Å². The Kier molecular flexibility index (Phi) is 8.55. The molecule has 104 valence electrons.